The van der Waals surface area contributed by atoms with E-state index in [1.54, 1.807) is 47.7 Å². The van der Waals surface area contributed by atoms with Crippen molar-refractivity contribution >= 4 is 66.4 Å². The van der Waals surface area contributed by atoms with Crippen LogP contribution in [0, 0.1) is 0 Å². The minimum absolute atomic E-state index is 0.123. The van der Waals surface area contributed by atoms with Crippen molar-refractivity contribution in [1.29, 1.82) is 0 Å². The number of rotatable bonds is 6. The Hall–Kier alpha value is -6.53. The van der Waals surface area contributed by atoms with Crippen LogP contribution in [-0.4, -0.2) is 17.5 Å². The first-order chi connectivity index (χ1) is 33.8. The van der Waals surface area contributed by atoms with Crippen molar-refractivity contribution in [2.24, 2.45) is 0 Å². The Balaban J connectivity index is 1.23. The predicted octanol–water partition coefficient (Wildman–Crippen LogP) is 13.4. The average molecular weight is 885 g/mol. The smallest absolute Gasteiger partial charge is 0.195 e. The maximum absolute atomic E-state index is 9.06. The van der Waals surface area contributed by atoms with Crippen LogP contribution in [0.25, 0.3) is 48.5 Å². The number of imidazole rings is 1. The molecule has 2 aromatic heterocycles. The molecule has 0 N–H and O–H groups in total. The van der Waals surface area contributed by atoms with E-state index >= 15 is 0 Å². The molecule has 10 aromatic rings. The van der Waals surface area contributed by atoms with Crippen LogP contribution in [0.1, 0.15) is 85.7 Å². The molecule has 5 heteroatoms. The van der Waals surface area contributed by atoms with Gasteiger partial charge >= 0.3 is 0 Å². The summed E-state index contributed by atoms with van der Waals surface area (Å²) in [6.45, 7) is 7.40. The lowest BCUT2D eigenvalue weighted by Gasteiger charge is -2.38. The highest BCUT2D eigenvalue weighted by atomic mass is 32.1. The number of para-hydroxylation sites is 4. The molecule has 0 unspecified atom stereocenters. The molecule has 0 bridgehead atoms. The van der Waals surface area contributed by atoms with Gasteiger partial charge in [-0.1, -0.05) is 224 Å². The van der Waals surface area contributed by atoms with Gasteiger partial charge in [0.15, 0.2) is 13.0 Å². The molecule has 11 rings (SSSR count). The van der Waals surface area contributed by atoms with E-state index in [9.17, 15) is 0 Å². The Kier molecular flexibility index (Phi) is 8.04. The lowest BCUT2D eigenvalue weighted by molar-refractivity contribution is 0.419. The van der Waals surface area contributed by atoms with Crippen molar-refractivity contribution in [3.05, 3.63) is 204 Å². The molecule has 3 nitrogen and oxygen atoms in total. The highest BCUT2D eigenvalue weighted by molar-refractivity contribution is 7.23. The highest BCUT2D eigenvalue weighted by Crippen LogP contribution is 2.52. The molecule has 1 aliphatic heterocycles. The zero-order valence-electron chi connectivity index (χ0n) is 43.5. The summed E-state index contributed by atoms with van der Waals surface area (Å²) in [5.41, 5.74) is 6.32. The van der Waals surface area contributed by atoms with E-state index in [1.807, 2.05) is 6.07 Å². The van der Waals surface area contributed by atoms with Crippen LogP contribution in [0.3, 0.4) is 0 Å². The van der Waals surface area contributed by atoms with Crippen LogP contribution in [0.15, 0.2) is 182 Å². The van der Waals surface area contributed by atoms with Crippen molar-refractivity contribution < 1.29 is 13.0 Å². The second-order valence-corrected chi connectivity index (χ2v) is 24.3. The number of ether oxygens (including phenoxy) is 1. The van der Waals surface area contributed by atoms with Crippen LogP contribution in [0.4, 0.5) is 0 Å². The molecule has 65 heavy (non-hydrogen) atoms. The Morgan fingerprint density at radius 2 is 1.06 bits per heavy atom. The summed E-state index contributed by atoms with van der Waals surface area (Å²) in [5, 5.41) is 4.66. The summed E-state index contributed by atoms with van der Waals surface area (Å²) in [7, 11) is -3.34. The van der Waals surface area contributed by atoms with Gasteiger partial charge in [0.05, 0.1) is 21.3 Å². The Morgan fingerprint density at radius 1 is 0.523 bits per heavy atom. The SMILES string of the molecule is [2H]C([2H])([2H])C1(C([2H])([2H])[2H])c2ccccc2Oc2c(-c3cc([Si](c4ccccc4)(c4ccccc4)c4ccc(C(C)(C)C)c(-c5cccc6c5nc5sc7ccccc7n56)c4)ccc3C(C)(C)C)cccc21. The average Bonchev–Trinajstić information content (AvgIpc) is 3.89. The number of fused-ring (bicyclic) bond motifs is 7. The van der Waals surface area contributed by atoms with E-state index in [4.69, 9.17) is 17.9 Å². The van der Waals surface area contributed by atoms with Gasteiger partial charge in [0.25, 0.3) is 0 Å². The maximum Gasteiger partial charge on any atom is 0.195 e. The van der Waals surface area contributed by atoms with Crippen molar-refractivity contribution in [3.8, 4) is 33.8 Å². The molecule has 0 aliphatic carbocycles. The van der Waals surface area contributed by atoms with E-state index in [0.717, 1.165) is 49.0 Å². The zero-order chi connectivity index (χ0) is 49.9. The molecule has 320 valence electrons. The van der Waals surface area contributed by atoms with Gasteiger partial charge in [-0.05, 0) is 78.1 Å². The fraction of sp³-hybridized carbons (Fsp3) is 0.183. The minimum Gasteiger partial charge on any atom is -0.456 e. The summed E-state index contributed by atoms with van der Waals surface area (Å²) in [6.07, 6.45) is 0. The Labute approximate surface area is 396 Å². The van der Waals surface area contributed by atoms with Crippen LogP contribution in [0.5, 0.6) is 11.5 Å². The number of benzene rings is 8. The molecule has 3 heterocycles. The summed E-state index contributed by atoms with van der Waals surface area (Å²) >= 11 is 1.70. The number of hydrogen-bond donors (Lipinski definition) is 0. The molecule has 0 saturated heterocycles. The van der Waals surface area contributed by atoms with Gasteiger partial charge in [-0.2, -0.15) is 0 Å². The first-order valence-electron chi connectivity index (χ1n) is 25.4. The quantitative estimate of drug-likeness (QED) is 0.123. The largest absolute Gasteiger partial charge is 0.456 e. The highest BCUT2D eigenvalue weighted by Gasteiger charge is 2.44. The van der Waals surface area contributed by atoms with E-state index in [0.29, 0.717) is 5.56 Å². The third kappa shape index (κ3) is 6.46. The normalized spacial score (nSPS) is 15.5. The summed E-state index contributed by atoms with van der Waals surface area (Å²) < 4.78 is 64.7. The number of hydrogen-bond acceptors (Lipinski definition) is 3. The van der Waals surface area contributed by atoms with Crippen molar-refractivity contribution in [3.63, 3.8) is 0 Å². The Bertz CT molecular complexity index is 3640. The summed E-state index contributed by atoms with van der Waals surface area (Å²) in [5.74, 6) is 0.461. The zero-order valence-corrected chi connectivity index (χ0v) is 39.3. The first-order valence-corrected chi connectivity index (χ1v) is 25.2. The third-order valence-electron chi connectivity index (χ3n) is 13.4. The molecule has 0 radical (unpaired) electrons. The molecule has 0 amide bonds. The van der Waals surface area contributed by atoms with Gasteiger partial charge in [-0.3, -0.25) is 4.40 Å². The Morgan fingerprint density at radius 3 is 1.71 bits per heavy atom. The molecular weight excluding hydrogens is 825 g/mol. The number of nitrogens with zero attached hydrogens (tertiary/aromatic N) is 2. The van der Waals surface area contributed by atoms with Crippen molar-refractivity contribution in [2.75, 3.05) is 0 Å². The van der Waals surface area contributed by atoms with Gasteiger partial charge < -0.3 is 4.74 Å². The summed E-state index contributed by atoms with van der Waals surface area (Å²) in [6, 6.07) is 62.7. The van der Waals surface area contributed by atoms with E-state index in [-0.39, 0.29) is 28.0 Å². The second-order valence-electron chi connectivity index (χ2n) is 19.5. The molecule has 0 fully saturated rings. The minimum atomic E-state index is -3.34. The van der Waals surface area contributed by atoms with E-state index < -0.39 is 32.6 Å². The number of thiazole rings is 1. The van der Waals surface area contributed by atoms with Gasteiger partial charge in [0, 0.05) is 35.9 Å². The fourth-order valence-electron chi connectivity index (χ4n) is 10.4. The van der Waals surface area contributed by atoms with Crippen LogP contribution >= 0.6 is 11.3 Å². The van der Waals surface area contributed by atoms with Crippen molar-refractivity contribution in [1.82, 2.24) is 9.38 Å². The van der Waals surface area contributed by atoms with Gasteiger partial charge in [-0.25, -0.2) is 4.98 Å². The topological polar surface area (TPSA) is 26.5 Å². The fourth-order valence-corrected chi connectivity index (χ4v) is 16.2. The monoisotopic (exact) mass is 884 g/mol. The predicted molar refractivity (Wildman–Crippen MR) is 279 cm³/mol. The summed E-state index contributed by atoms with van der Waals surface area (Å²) in [4.78, 5) is 6.35. The molecule has 8 aromatic carbocycles. The molecule has 0 saturated carbocycles. The van der Waals surface area contributed by atoms with Crippen molar-refractivity contribution in [2.45, 2.75) is 71.5 Å². The van der Waals surface area contributed by atoms with Gasteiger partial charge in [-0.15, -0.1) is 0 Å². The van der Waals surface area contributed by atoms with Crippen LogP contribution in [0.2, 0.25) is 0 Å². The molecule has 0 atom stereocenters. The lowest BCUT2D eigenvalue weighted by atomic mass is 9.74. The standard InChI is InChI=1S/C60H54N2OSSi/c1-58(2,3)47-35-33-41(37-45(47)43-25-20-30-52-55(43)61-57-62(52)51-29-16-18-32-54(51)64-57)65(39-21-11-9-12-22-39,40-23-13-10-14-24-40)42-34-36-48(59(4,5)6)46(38-42)44-26-19-28-50-56(44)63-53-31-17-15-27-49(53)60(50,7)8/h9-38H,1-8H3/i7D3,8D3. The van der Waals surface area contributed by atoms with E-state index in [1.165, 1.54) is 25.8 Å². The van der Waals surface area contributed by atoms with Crippen LogP contribution < -0.4 is 25.5 Å². The third-order valence-corrected chi connectivity index (χ3v) is 19.2. The maximum atomic E-state index is 9.06. The lowest BCUT2D eigenvalue weighted by Crippen LogP contribution is -2.74. The van der Waals surface area contributed by atoms with Gasteiger partial charge in [0.1, 0.15) is 11.5 Å². The van der Waals surface area contributed by atoms with Crippen LogP contribution in [-0.2, 0) is 16.2 Å². The molecule has 1 aliphatic rings. The molecule has 0 spiro atoms. The number of aromatic nitrogens is 2. The molecular formula is C60H54N2OSSi. The van der Waals surface area contributed by atoms with E-state index in [2.05, 4.69) is 185 Å². The van der Waals surface area contributed by atoms with Gasteiger partial charge in [0.2, 0.25) is 0 Å². The first kappa shape index (κ1) is 34.8. The second kappa shape index (κ2) is 15.0.